The smallest absolute Gasteiger partial charge is 0.107 e. The van der Waals surface area contributed by atoms with Crippen molar-refractivity contribution in [1.29, 1.82) is 0 Å². The molecule has 0 saturated carbocycles. The van der Waals surface area contributed by atoms with E-state index < -0.39 is 0 Å². The second-order valence-electron chi connectivity index (χ2n) is 4.64. The first kappa shape index (κ1) is 13.6. The van der Waals surface area contributed by atoms with Gasteiger partial charge in [0.15, 0.2) is 0 Å². The Balaban J connectivity index is 1.66. The standard InChI is InChI=1S/C15H16ClN3S/c1-2-10-7-18-14(20-10)9-17-8-13-15(16)11-5-3-4-6-12(11)19-13/h3-7,17,19H,2,8-9H2,1H3. The highest BCUT2D eigenvalue weighted by molar-refractivity contribution is 7.11. The molecule has 0 aliphatic carbocycles. The van der Waals surface area contributed by atoms with Crippen LogP contribution in [0.3, 0.4) is 0 Å². The number of nitrogens with zero attached hydrogens (tertiary/aromatic N) is 1. The van der Waals surface area contributed by atoms with Gasteiger partial charge in [-0.15, -0.1) is 11.3 Å². The summed E-state index contributed by atoms with van der Waals surface area (Å²) in [7, 11) is 0. The summed E-state index contributed by atoms with van der Waals surface area (Å²) in [5.74, 6) is 0. The van der Waals surface area contributed by atoms with E-state index in [0.717, 1.165) is 39.6 Å². The van der Waals surface area contributed by atoms with E-state index in [0.29, 0.717) is 6.54 Å². The Morgan fingerprint density at radius 1 is 1.30 bits per heavy atom. The largest absolute Gasteiger partial charge is 0.356 e. The molecule has 1 aromatic carbocycles. The first-order valence-electron chi connectivity index (χ1n) is 6.67. The Morgan fingerprint density at radius 2 is 2.15 bits per heavy atom. The molecule has 2 aromatic heterocycles. The minimum absolute atomic E-state index is 0.717. The molecule has 0 spiro atoms. The number of nitrogens with one attached hydrogen (secondary N) is 2. The van der Waals surface area contributed by atoms with Crippen LogP contribution in [0.2, 0.25) is 5.02 Å². The van der Waals surface area contributed by atoms with Crippen molar-refractivity contribution in [3.05, 3.63) is 51.1 Å². The number of hydrogen-bond acceptors (Lipinski definition) is 3. The summed E-state index contributed by atoms with van der Waals surface area (Å²) >= 11 is 8.14. The van der Waals surface area contributed by atoms with Gasteiger partial charge in [0.05, 0.1) is 5.02 Å². The van der Waals surface area contributed by atoms with E-state index in [9.17, 15) is 0 Å². The minimum atomic E-state index is 0.717. The average Bonchev–Trinajstić information content (AvgIpc) is 3.05. The maximum absolute atomic E-state index is 6.38. The Hall–Kier alpha value is -1.36. The lowest BCUT2D eigenvalue weighted by atomic mass is 10.2. The Bertz CT molecular complexity index is 717. The van der Waals surface area contributed by atoms with Gasteiger partial charge in [-0.25, -0.2) is 4.98 Å². The molecule has 104 valence electrons. The number of halogens is 1. The van der Waals surface area contributed by atoms with E-state index in [-0.39, 0.29) is 0 Å². The fourth-order valence-electron chi connectivity index (χ4n) is 2.17. The number of benzene rings is 1. The van der Waals surface area contributed by atoms with Crippen molar-refractivity contribution in [2.24, 2.45) is 0 Å². The number of aromatic amines is 1. The van der Waals surface area contributed by atoms with Gasteiger partial charge in [-0.05, 0) is 12.5 Å². The Labute approximate surface area is 127 Å². The number of aromatic nitrogens is 2. The predicted octanol–water partition coefficient (Wildman–Crippen LogP) is 4.13. The molecule has 0 atom stereocenters. The molecule has 2 heterocycles. The topological polar surface area (TPSA) is 40.7 Å². The van der Waals surface area contributed by atoms with Crippen molar-refractivity contribution in [3.63, 3.8) is 0 Å². The third-order valence-corrected chi connectivity index (χ3v) is 4.82. The maximum Gasteiger partial charge on any atom is 0.107 e. The van der Waals surface area contributed by atoms with Crippen molar-refractivity contribution in [1.82, 2.24) is 15.3 Å². The second kappa shape index (κ2) is 5.95. The molecule has 5 heteroatoms. The lowest BCUT2D eigenvalue weighted by Gasteiger charge is -2.01. The summed E-state index contributed by atoms with van der Waals surface area (Å²) in [5, 5.41) is 6.39. The van der Waals surface area contributed by atoms with Crippen molar-refractivity contribution in [2.45, 2.75) is 26.4 Å². The summed E-state index contributed by atoms with van der Waals surface area (Å²) in [5.41, 5.74) is 2.11. The summed E-state index contributed by atoms with van der Waals surface area (Å²) in [6.45, 7) is 3.64. The van der Waals surface area contributed by atoms with Crippen LogP contribution >= 0.6 is 22.9 Å². The molecule has 0 radical (unpaired) electrons. The highest BCUT2D eigenvalue weighted by Crippen LogP contribution is 2.27. The Morgan fingerprint density at radius 3 is 2.90 bits per heavy atom. The molecular formula is C15H16ClN3S. The average molecular weight is 306 g/mol. The number of H-pyrrole nitrogens is 1. The van der Waals surface area contributed by atoms with Crippen LogP contribution in [0.1, 0.15) is 22.5 Å². The quantitative estimate of drug-likeness (QED) is 0.744. The molecule has 0 bridgehead atoms. The molecule has 20 heavy (non-hydrogen) atoms. The van der Waals surface area contributed by atoms with Crippen molar-refractivity contribution >= 4 is 33.8 Å². The van der Waals surface area contributed by atoms with E-state index >= 15 is 0 Å². The van der Waals surface area contributed by atoms with E-state index in [1.165, 1.54) is 4.88 Å². The van der Waals surface area contributed by atoms with E-state index in [2.05, 4.69) is 22.2 Å². The number of hydrogen-bond donors (Lipinski definition) is 2. The highest BCUT2D eigenvalue weighted by Gasteiger charge is 2.08. The molecule has 3 rings (SSSR count). The number of para-hydroxylation sites is 1. The minimum Gasteiger partial charge on any atom is -0.356 e. The van der Waals surface area contributed by atoms with Gasteiger partial charge in [-0.3, -0.25) is 0 Å². The molecule has 0 amide bonds. The molecule has 3 nitrogen and oxygen atoms in total. The lowest BCUT2D eigenvalue weighted by molar-refractivity contribution is 0.680. The zero-order valence-electron chi connectivity index (χ0n) is 11.2. The summed E-state index contributed by atoms with van der Waals surface area (Å²) < 4.78 is 0. The highest BCUT2D eigenvalue weighted by atomic mass is 35.5. The normalized spacial score (nSPS) is 11.3. The fourth-order valence-corrected chi connectivity index (χ4v) is 3.28. The first-order valence-corrected chi connectivity index (χ1v) is 7.86. The van der Waals surface area contributed by atoms with Gasteiger partial charge in [0, 0.05) is 40.8 Å². The van der Waals surface area contributed by atoms with Crippen molar-refractivity contribution in [3.8, 4) is 0 Å². The third-order valence-electron chi connectivity index (χ3n) is 3.24. The monoisotopic (exact) mass is 305 g/mol. The zero-order valence-corrected chi connectivity index (χ0v) is 12.8. The molecule has 0 unspecified atom stereocenters. The molecule has 0 aliphatic heterocycles. The molecule has 2 N–H and O–H groups in total. The van der Waals surface area contributed by atoms with E-state index in [4.69, 9.17) is 11.6 Å². The summed E-state index contributed by atoms with van der Waals surface area (Å²) in [6, 6.07) is 8.08. The SMILES string of the molecule is CCc1cnc(CNCc2[nH]c3ccccc3c2Cl)s1. The van der Waals surface area contributed by atoms with E-state index in [1.54, 1.807) is 11.3 Å². The van der Waals surface area contributed by atoms with Crippen LogP contribution in [0.15, 0.2) is 30.5 Å². The predicted molar refractivity (Wildman–Crippen MR) is 85.3 cm³/mol. The van der Waals surface area contributed by atoms with Crippen LogP contribution < -0.4 is 5.32 Å². The van der Waals surface area contributed by atoms with Crippen LogP contribution in [0.5, 0.6) is 0 Å². The van der Waals surface area contributed by atoms with Gasteiger partial charge in [0.2, 0.25) is 0 Å². The molecule has 3 aromatic rings. The number of thiazole rings is 1. The number of aryl methyl sites for hydroxylation is 1. The molecular weight excluding hydrogens is 290 g/mol. The van der Waals surface area contributed by atoms with Crippen molar-refractivity contribution < 1.29 is 0 Å². The van der Waals surface area contributed by atoms with Gasteiger partial charge in [-0.2, -0.15) is 0 Å². The first-order chi connectivity index (χ1) is 9.78. The molecule has 0 aliphatic rings. The number of rotatable bonds is 5. The van der Waals surface area contributed by atoms with Crippen LogP contribution in [-0.4, -0.2) is 9.97 Å². The molecule has 0 saturated heterocycles. The van der Waals surface area contributed by atoms with Gasteiger partial charge < -0.3 is 10.3 Å². The summed E-state index contributed by atoms with van der Waals surface area (Å²) in [4.78, 5) is 9.08. The van der Waals surface area contributed by atoms with Crippen LogP contribution in [0, 0.1) is 0 Å². The van der Waals surface area contributed by atoms with E-state index in [1.807, 2.05) is 30.5 Å². The zero-order chi connectivity index (χ0) is 13.9. The molecule has 0 fully saturated rings. The third kappa shape index (κ3) is 2.73. The maximum atomic E-state index is 6.38. The number of fused-ring (bicyclic) bond motifs is 1. The second-order valence-corrected chi connectivity index (χ2v) is 6.22. The van der Waals surface area contributed by atoms with Crippen molar-refractivity contribution in [2.75, 3.05) is 0 Å². The van der Waals surface area contributed by atoms with Gasteiger partial charge in [0.25, 0.3) is 0 Å². The van der Waals surface area contributed by atoms with Crippen LogP contribution in [0.25, 0.3) is 10.9 Å². The van der Waals surface area contributed by atoms with Gasteiger partial charge >= 0.3 is 0 Å². The lowest BCUT2D eigenvalue weighted by Crippen LogP contribution is -2.12. The summed E-state index contributed by atoms with van der Waals surface area (Å²) in [6.07, 6.45) is 3.00. The van der Waals surface area contributed by atoms with Gasteiger partial charge in [0.1, 0.15) is 5.01 Å². The van der Waals surface area contributed by atoms with Crippen LogP contribution in [0.4, 0.5) is 0 Å². The fraction of sp³-hybridized carbons (Fsp3) is 0.267. The Kier molecular flexibility index (Phi) is 4.05. The van der Waals surface area contributed by atoms with Crippen LogP contribution in [-0.2, 0) is 19.5 Å². The van der Waals surface area contributed by atoms with Gasteiger partial charge in [-0.1, -0.05) is 36.7 Å².